The first-order chi connectivity index (χ1) is 20.2. The van der Waals surface area contributed by atoms with Crippen LogP contribution in [0.25, 0.3) is 34.7 Å². The molecule has 0 amide bonds. The van der Waals surface area contributed by atoms with Gasteiger partial charge in [-0.15, -0.1) is 10.2 Å². The van der Waals surface area contributed by atoms with Gasteiger partial charge in [0.25, 0.3) is 0 Å². The molecular weight excluding hydrogens is 500 g/mol. The summed E-state index contributed by atoms with van der Waals surface area (Å²) in [6.07, 6.45) is 4.49. The zero-order valence-corrected chi connectivity index (χ0v) is 23.1. The number of tetrazole rings is 1. The van der Waals surface area contributed by atoms with Crippen molar-refractivity contribution in [2.24, 2.45) is 7.05 Å². The number of aromatic nitrogens is 4. The van der Waals surface area contributed by atoms with Crippen molar-refractivity contribution in [3.8, 4) is 11.4 Å². The van der Waals surface area contributed by atoms with Gasteiger partial charge in [0, 0.05) is 5.56 Å². The SMILES string of the molecule is Cc1cc(/C(=C/c2ccccc2)c2ccccc2)c(-c2nnn(C)n2)c(/C(=C/c2ccccc2)c2ccccc2)c1. The Kier molecular flexibility index (Phi) is 7.46. The van der Waals surface area contributed by atoms with Gasteiger partial charge >= 0.3 is 0 Å². The van der Waals surface area contributed by atoms with Crippen molar-refractivity contribution >= 4 is 23.3 Å². The van der Waals surface area contributed by atoms with Crippen molar-refractivity contribution in [1.29, 1.82) is 0 Å². The fourth-order valence-electron chi connectivity index (χ4n) is 5.14. The molecule has 41 heavy (non-hydrogen) atoms. The standard InChI is InChI=1S/C37H30N4/c1-27-23-34(32(30-19-11-5-12-20-30)25-28-15-7-3-8-16-28)36(37-38-40-41(2)39-37)35(24-27)33(31-21-13-6-14-22-31)26-29-17-9-4-10-18-29/h3-26H,1-2H3/b32-25+,33-26+. The molecule has 0 unspecified atom stereocenters. The van der Waals surface area contributed by atoms with Gasteiger partial charge in [0.15, 0.2) is 0 Å². The highest BCUT2D eigenvalue weighted by atomic mass is 15.6. The zero-order valence-electron chi connectivity index (χ0n) is 23.1. The van der Waals surface area contributed by atoms with E-state index in [0.717, 1.165) is 55.7 Å². The van der Waals surface area contributed by atoms with Gasteiger partial charge in [-0.1, -0.05) is 133 Å². The summed E-state index contributed by atoms with van der Waals surface area (Å²) >= 11 is 0. The van der Waals surface area contributed by atoms with E-state index in [2.05, 4.69) is 139 Å². The van der Waals surface area contributed by atoms with Gasteiger partial charge in [-0.25, -0.2) is 0 Å². The first kappa shape index (κ1) is 25.9. The van der Waals surface area contributed by atoms with E-state index in [1.807, 2.05) is 24.3 Å². The molecule has 4 heteroatoms. The van der Waals surface area contributed by atoms with Crippen molar-refractivity contribution in [3.63, 3.8) is 0 Å². The van der Waals surface area contributed by atoms with Crippen LogP contribution in [0.15, 0.2) is 133 Å². The number of aryl methyl sites for hydroxylation is 2. The molecular formula is C37H30N4. The lowest BCUT2D eigenvalue weighted by atomic mass is 9.84. The molecule has 6 rings (SSSR count). The van der Waals surface area contributed by atoms with Crippen LogP contribution in [0.5, 0.6) is 0 Å². The Morgan fingerprint density at radius 2 is 1.00 bits per heavy atom. The fourth-order valence-corrected chi connectivity index (χ4v) is 5.14. The Bertz CT molecular complexity index is 1700. The topological polar surface area (TPSA) is 43.6 Å². The highest BCUT2D eigenvalue weighted by Gasteiger charge is 2.23. The predicted molar refractivity (Wildman–Crippen MR) is 169 cm³/mol. The molecule has 0 saturated heterocycles. The number of nitrogens with zero attached hydrogens (tertiary/aromatic N) is 4. The molecule has 0 atom stereocenters. The van der Waals surface area contributed by atoms with Crippen LogP contribution in [0.4, 0.5) is 0 Å². The van der Waals surface area contributed by atoms with Crippen molar-refractivity contribution in [3.05, 3.63) is 172 Å². The molecule has 0 fully saturated rings. The van der Waals surface area contributed by atoms with Gasteiger partial charge in [-0.2, -0.15) is 4.80 Å². The van der Waals surface area contributed by atoms with Crippen LogP contribution < -0.4 is 0 Å². The maximum Gasteiger partial charge on any atom is 0.206 e. The van der Waals surface area contributed by atoms with Gasteiger partial charge in [0.1, 0.15) is 0 Å². The molecule has 0 bridgehead atoms. The Morgan fingerprint density at radius 1 is 0.585 bits per heavy atom. The lowest BCUT2D eigenvalue weighted by molar-refractivity contribution is 0.630. The van der Waals surface area contributed by atoms with Crippen LogP contribution >= 0.6 is 0 Å². The van der Waals surface area contributed by atoms with Gasteiger partial charge in [-0.3, -0.25) is 0 Å². The number of rotatable bonds is 7. The summed E-state index contributed by atoms with van der Waals surface area (Å²) in [5, 5.41) is 13.5. The number of hydrogen-bond acceptors (Lipinski definition) is 3. The largest absolute Gasteiger partial charge is 0.206 e. The van der Waals surface area contributed by atoms with Gasteiger partial charge < -0.3 is 0 Å². The van der Waals surface area contributed by atoms with E-state index < -0.39 is 0 Å². The summed E-state index contributed by atoms with van der Waals surface area (Å²) < 4.78 is 0. The Hall–Kier alpha value is -5.35. The quantitative estimate of drug-likeness (QED) is 0.195. The van der Waals surface area contributed by atoms with Crippen molar-refractivity contribution in [2.45, 2.75) is 6.92 Å². The Morgan fingerprint density at radius 3 is 1.39 bits per heavy atom. The van der Waals surface area contributed by atoms with Crippen LogP contribution in [0.1, 0.15) is 38.9 Å². The maximum atomic E-state index is 4.74. The first-order valence-electron chi connectivity index (χ1n) is 13.7. The maximum absolute atomic E-state index is 4.74. The average Bonchev–Trinajstić information content (AvgIpc) is 3.45. The minimum atomic E-state index is 0.585. The summed E-state index contributed by atoms with van der Waals surface area (Å²) in [7, 11) is 1.81. The molecule has 0 spiro atoms. The predicted octanol–water partition coefficient (Wildman–Crippen LogP) is 8.36. The molecule has 198 valence electrons. The normalized spacial score (nSPS) is 12.0. The highest BCUT2D eigenvalue weighted by Crippen LogP contribution is 2.41. The summed E-state index contributed by atoms with van der Waals surface area (Å²) in [5.41, 5.74) is 10.9. The summed E-state index contributed by atoms with van der Waals surface area (Å²) in [6.45, 7) is 2.15. The third kappa shape index (κ3) is 5.82. The summed E-state index contributed by atoms with van der Waals surface area (Å²) in [5.74, 6) is 0.585. The van der Waals surface area contributed by atoms with Crippen molar-refractivity contribution < 1.29 is 0 Å². The molecule has 0 saturated carbocycles. The Labute approximate surface area is 241 Å². The van der Waals surface area contributed by atoms with Crippen LogP contribution in [-0.4, -0.2) is 20.2 Å². The fraction of sp³-hybridized carbons (Fsp3) is 0.0541. The van der Waals surface area contributed by atoms with E-state index in [1.54, 1.807) is 7.05 Å². The lowest BCUT2D eigenvalue weighted by Crippen LogP contribution is -2.02. The van der Waals surface area contributed by atoms with Crippen molar-refractivity contribution in [1.82, 2.24) is 20.2 Å². The molecule has 1 heterocycles. The lowest BCUT2D eigenvalue weighted by Gasteiger charge is -2.20. The molecule has 0 N–H and O–H groups in total. The molecule has 6 aromatic rings. The second-order valence-electron chi connectivity index (χ2n) is 10.0. The molecule has 0 aliphatic heterocycles. The van der Waals surface area contributed by atoms with Gasteiger partial charge in [0.2, 0.25) is 5.82 Å². The monoisotopic (exact) mass is 530 g/mol. The Balaban J connectivity index is 1.70. The third-order valence-electron chi connectivity index (χ3n) is 6.99. The summed E-state index contributed by atoms with van der Waals surface area (Å²) in [4.78, 5) is 1.52. The van der Waals surface area contributed by atoms with E-state index >= 15 is 0 Å². The molecule has 5 aromatic carbocycles. The van der Waals surface area contributed by atoms with Gasteiger partial charge in [-0.05, 0) is 74.4 Å². The van der Waals surface area contributed by atoms with E-state index in [-0.39, 0.29) is 0 Å². The average molecular weight is 531 g/mol. The first-order valence-corrected chi connectivity index (χ1v) is 13.7. The van der Waals surface area contributed by atoms with E-state index in [4.69, 9.17) is 5.10 Å². The molecule has 1 aromatic heterocycles. The van der Waals surface area contributed by atoms with Crippen LogP contribution in [0, 0.1) is 6.92 Å². The van der Waals surface area contributed by atoms with Crippen molar-refractivity contribution in [2.75, 3.05) is 0 Å². The second-order valence-corrected chi connectivity index (χ2v) is 10.0. The van der Waals surface area contributed by atoms with E-state index in [9.17, 15) is 0 Å². The smallest absolute Gasteiger partial charge is 0.167 e. The number of hydrogen-bond donors (Lipinski definition) is 0. The highest BCUT2D eigenvalue weighted by molar-refractivity contribution is 6.03. The van der Waals surface area contributed by atoms with E-state index in [0.29, 0.717) is 5.82 Å². The summed E-state index contributed by atoms with van der Waals surface area (Å²) in [6, 6.07) is 46.4. The number of benzene rings is 5. The molecule has 0 radical (unpaired) electrons. The minimum Gasteiger partial charge on any atom is -0.167 e. The van der Waals surface area contributed by atoms with E-state index in [1.165, 1.54) is 4.80 Å². The van der Waals surface area contributed by atoms with Crippen LogP contribution in [-0.2, 0) is 7.05 Å². The van der Waals surface area contributed by atoms with Crippen LogP contribution in [0.2, 0.25) is 0 Å². The molecule has 0 aliphatic rings. The van der Waals surface area contributed by atoms with Gasteiger partial charge in [0.05, 0.1) is 7.05 Å². The molecule has 0 aliphatic carbocycles. The minimum absolute atomic E-state index is 0.585. The van der Waals surface area contributed by atoms with Crippen LogP contribution in [0.3, 0.4) is 0 Å². The third-order valence-corrected chi connectivity index (χ3v) is 6.99. The molecule has 4 nitrogen and oxygen atoms in total. The zero-order chi connectivity index (χ0) is 28.0. The second kappa shape index (κ2) is 11.8.